The molecule has 0 aromatic rings. The Morgan fingerprint density at radius 1 is 1.50 bits per heavy atom. The SMILES string of the molecule is C=C1CC[C@]2(OC(C)(C)O[C@@H]2C)[C@@H]1O. The van der Waals surface area contributed by atoms with Crippen LogP contribution in [0, 0.1) is 0 Å². The maximum Gasteiger partial charge on any atom is 0.164 e. The highest BCUT2D eigenvalue weighted by Gasteiger charge is 2.58. The first-order valence-corrected chi connectivity index (χ1v) is 5.11. The standard InChI is InChI=1S/C11H18O3/c1-7-5-6-11(9(7)12)8(2)13-10(3,4)14-11/h8-9,12H,1,5-6H2,2-4H3/t8-,9-,11-/m1/s1. The fourth-order valence-electron chi connectivity index (χ4n) is 2.60. The molecule has 3 nitrogen and oxygen atoms in total. The molecule has 3 heteroatoms. The van der Waals surface area contributed by atoms with Crippen LogP contribution in [-0.2, 0) is 9.47 Å². The van der Waals surface area contributed by atoms with E-state index in [1.54, 1.807) is 0 Å². The number of hydrogen-bond acceptors (Lipinski definition) is 3. The summed E-state index contributed by atoms with van der Waals surface area (Å²) in [5.41, 5.74) is 0.304. The second-order valence-corrected chi connectivity index (χ2v) is 4.78. The molecule has 2 fully saturated rings. The van der Waals surface area contributed by atoms with Crippen LogP contribution < -0.4 is 0 Å². The van der Waals surface area contributed by atoms with Crippen LogP contribution in [0.15, 0.2) is 12.2 Å². The van der Waals surface area contributed by atoms with Gasteiger partial charge in [0.2, 0.25) is 0 Å². The van der Waals surface area contributed by atoms with Gasteiger partial charge >= 0.3 is 0 Å². The van der Waals surface area contributed by atoms with E-state index in [0.29, 0.717) is 0 Å². The van der Waals surface area contributed by atoms with E-state index in [9.17, 15) is 5.11 Å². The van der Waals surface area contributed by atoms with Gasteiger partial charge in [-0.15, -0.1) is 0 Å². The topological polar surface area (TPSA) is 38.7 Å². The maximum absolute atomic E-state index is 10.0. The van der Waals surface area contributed by atoms with Crippen molar-refractivity contribution in [2.45, 2.75) is 57.2 Å². The van der Waals surface area contributed by atoms with Crippen molar-refractivity contribution in [3.8, 4) is 0 Å². The van der Waals surface area contributed by atoms with E-state index in [1.807, 2.05) is 20.8 Å². The van der Waals surface area contributed by atoms with Crippen molar-refractivity contribution in [2.24, 2.45) is 0 Å². The van der Waals surface area contributed by atoms with E-state index in [4.69, 9.17) is 9.47 Å². The lowest BCUT2D eigenvalue weighted by Gasteiger charge is -2.30. The number of rotatable bonds is 0. The molecule has 3 atom stereocenters. The van der Waals surface area contributed by atoms with Gasteiger partial charge in [-0.3, -0.25) is 0 Å². The molecule has 1 aliphatic heterocycles. The smallest absolute Gasteiger partial charge is 0.164 e. The van der Waals surface area contributed by atoms with Crippen molar-refractivity contribution in [1.29, 1.82) is 0 Å². The quantitative estimate of drug-likeness (QED) is 0.601. The van der Waals surface area contributed by atoms with Gasteiger partial charge in [-0.05, 0) is 39.2 Å². The fourth-order valence-corrected chi connectivity index (χ4v) is 2.60. The minimum atomic E-state index is -0.592. The first-order valence-electron chi connectivity index (χ1n) is 5.11. The molecule has 1 spiro atoms. The number of hydrogen-bond donors (Lipinski definition) is 1. The minimum absolute atomic E-state index is 0.0771. The molecular formula is C11H18O3. The lowest BCUT2D eigenvalue weighted by atomic mass is 9.93. The van der Waals surface area contributed by atoms with Crippen LogP contribution in [0.1, 0.15) is 33.6 Å². The summed E-state index contributed by atoms with van der Waals surface area (Å²) >= 11 is 0. The third kappa shape index (κ3) is 1.23. The Hall–Kier alpha value is -0.380. The first-order chi connectivity index (χ1) is 6.37. The molecule has 1 N–H and O–H groups in total. The molecule has 1 aliphatic carbocycles. The van der Waals surface area contributed by atoms with Gasteiger partial charge < -0.3 is 14.6 Å². The summed E-state index contributed by atoms with van der Waals surface area (Å²) in [5, 5.41) is 10.0. The average Bonchev–Trinajstić information content (AvgIpc) is 2.45. The fraction of sp³-hybridized carbons (Fsp3) is 0.818. The Kier molecular flexibility index (Phi) is 2.04. The molecule has 0 aromatic carbocycles. The van der Waals surface area contributed by atoms with Crippen molar-refractivity contribution in [3.05, 3.63) is 12.2 Å². The highest BCUT2D eigenvalue weighted by molar-refractivity contribution is 5.21. The van der Waals surface area contributed by atoms with E-state index in [2.05, 4.69) is 6.58 Å². The summed E-state index contributed by atoms with van der Waals surface area (Å²) in [4.78, 5) is 0. The molecule has 0 amide bonds. The molecule has 1 saturated carbocycles. The van der Waals surface area contributed by atoms with Crippen molar-refractivity contribution >= 4 is 0 Å². The Morgan fingerprint density at radius 3 is 2.50 bits per heavy atom. The maximum atomic E-state index is 10.0. The Balaban J connectivity index is 2.29. The molecule has 2 aliphatic rings. The highest BCUT2D eigenvalue weighted by Crippen LogP contribution is 2.48. The van der Waals surface area contributed by atoms with Crippen LogP contribution in [0.25, 0.3) is 0 Å². The molecule has 0 aromatic heterocycles. The highest BCUT2D eigenvalue weighted by atomic mass is 16.8. The lowest BCUT2D eigenvalue weighted by molar-refractivity contribution is -0.175. The Bertz CT molecular complexity index is 272. The third-order valence-electron chi connectivity index (χ3n) is 3.27. The van der Waals surface area contributed by atoms with Crippen LogP contribution in [0.2, 0.25) is 0 Å². The van der Waals surface area contributed by atoms with Gasteiger partial charge in [-0.1, -0.05) is 6.58 Å². The number of aliphatic hydroxyl groups is 1. The number of aliphatic hydroxyl groups excluding tert-OH is 1. The van der Waals surface area contributed by atoms with Crippen LogP contribution in [0.5, 0.6) is 0 Å². The van der Waals surface area contributed by atoms with E-state index < -0.39 is 17.5 Å². The number of ether oxygens (including phenoxy) is 2. The largest absolute Gasteiger partial charge is 0.386 e. The molecule has 0 unspecified atom stereocenters. The zero-order valence-corrected chi connectivity index (χ0v) is 9.04. The molecule has 14 heavy (non-hydrogen) atoms. The summed E-state index contributed by atoms with van der Waals surface area (Å²) < 4.78 is 11.5. The zero-order valence-electron chi connectivity index (χ0n) is 9.04. The van der Waals surface area contributed by atoms with E-state index in [1.165, 1.54) is 0 Å². The van der Waals surface area contributed by atoms with Crippen molar-refractivity contribution < 1.29 is 14.6 Å². The summed E-state index contributed by atoms with van der Waals surface area (Å²) in [6, 6.07) is 0. The van der Waals surface area contributed by atoms with Gasteiger partial charge in [-0.25, -0.2) is 0 Å². The lowest BCUT2D eigenvalue weighted by Crippen LogP contribution is -2.46. The summed E-state index contributed by atoms with van der Waals surface area (Å²) in [7, 11) is 0. The summed E-state index contributed by atoms with van der Waals surface area (Å²) in [5.74, 6) is -0.592. The molecule has 0 bridgehead atoms. The van der Waals surface area contributed by atoms with Gasteiger partial charge in [0, 0.05) is 0 Å². The van der Waals surface area contributed by atoms with Crippen LogP contribution in [-0.4, -0.2) is 28.7 Å². The van der Waals surface area contributed by atoms with Gasteiger partial charge in [0.15, 0.2) is 5.79 Å². The molecule has 80 valence electrons. The molecule has 1 saturated heterocycles. The normalized spacial score (nSPS) is 46.4. The third-order valence-corrected chi connectivity index (χ3v) is 3.27. The van der Waals surface area contributed by atoms with Crippen LogP contribution >= 0.6 is 0 Å². The van der Waals surface area contributed by atoms with Crippen LogP contribution in [0.3, 0.4) is 0 Å². The molecular weight excluding hydrogens is 180 g/mol. The van der Waals surface area contributed by atoms with Gasteiger partial charge in [0.05, 0.1) is 6.10 Å². The second kappa shape index (κ2) is 2.81. The van der Waals surface area contributed by atoms with Crippen molar-refractivity contribution in [2.75, 3.05) is 0 Å². The Labute approximate surface area is 84.7 Å². The van der Waals surface area contributed by atoms with Gasteiger partial charge in [0.25, 0.3) is 0 Å². The Morgan fingerprint density at radius 2 is 2.14 bits per heavy atom. The van der Waals surface area contributed by atoms with E-state index in [-0.39, 0.29) is 6.10 Å². The predicted molar refractivity (Wildman–Crippen MR) is 52.8 cm³/mol. The van der Waals surface area contributed by atoms with E-state index >= 15 is 0 Å². The summed E-state index contributed by atoms with van der Waals surface area (Å²) in [6.07, 6.45) is 0.966. The predicted octanol–water partition coefficient (Wildman–Crippen LogP) is 1.61. The molecule has 0 radical (unpaired) electrons. The van der Waals surface area contributed by atoms with Crippen molar-refractivity contribution in [1.82, 2.24) is 0 Å². The zero-order chi connectivity index (χ0) is 10.6. The molecule has 1 heterocycles. The van der Waals surface area contributed by atoms with Gasteiger partial charge in [0.1, 0.15) is 11.7 Å². The monoisotopic (exact) mass is 198 g/mol. The summed E-state index contributed by atoms with van der Waals surface area (Å²) in [6.45, 7) is 9.57. The van der Waals surface area contributed by atoms with Crippen LogP contribution in [0.4, 0.5) is 0 Å². The van der Waals surface area contributed by atoms with E-state index in [0.717, 1.165) is 18.4 Å². The first kappa shape index (κ1) is 10.1. The second-order valence-electron chi connectivity index (χ2n) is 4.78. The molecule has 2 rings (SSSR count). The van der Waals surface area contributed by atoms with Gasteiger partial charge in [-0.2, -0.15) is 0 Å². The van der Waals surface area contributed by atoms with Crippen molar-refractivity contribution in [3.63, 3.8) is 0 Å². The average molecular weight is 198 g/mol. The minimum Gasteiger partial charge on any atom is -0.386 e.